The van der Waals surface area contributed by atoms with Gasteiger partial charge < -0.3 is 4.74 Å². The van der Waals surface area contributed by atoms with Gasteiger partial charge >= 0.3 is 0 Å². The molecule has 2 rings (SSSR count). The van der Waals surface area contributed by atoms with Gasteiger partial charge in [0, 0.05) is 25.2 Å². The molecule has 1 fully saturated rings. The topological polar surface area (TPSA) is 58.6 Å². The third-order valence-electron chi connectivity index (χ3n) is 4.17. The smallest absolute Gasteiger partial charge is 0.240 e. The number of morpholine rings is 1. The van der Waals surface area contributed by atoms with Gasteiger partial charge in [-0.05, 0) is 45.9 Å². The van der Waals surface area contributed by atoms with Crippen molar-refractivity contribution in [1.82, 2.24) is 9.62 Å². The number of halogens is 2. The lowest BCUT2D eigenvalue weighted by Crippen LogP contribution is -2.58. The molecule has 0 unspecified atom stereocenters. The zero-order chi connectivity index (χ0) is 18.1. The zero-order valence-corrected chi connectivity index (χ0v) is 15.2. The van der Waals surface area contributed by atoms with Gasteiger partial charge in [0.1, 0.15) is 0 Å². The minimum atomic E-state index is -3.91. The molecule has 0 spiro atoms. The summed E-state index contributed by atoms with van der Waals surface area (Å²) in [7, 11) is -3.91. The van der Waals surface area contributed by atoms with Crippen molar-refractivity contribution < 1.29 is 21.9 Å². The van der Waals surface area contributed by atoms with Gasteiger partial charge in [-0.2, -0.15) is 0 Å². The molecule has 8 heteroatoms. The monoisotopic (exact) mass is 362 g/mol. The number of rotatable bonds is 5. The fourth-order valence-corrected chi connectivity index (χ4v) is 4.00. The Bertz CT molecular complexity index is 685. The maximum Gasteiger partial charge on any atom is 0.240 e. The number of benzene rings is 1. The van der Waals surface area contributed by atoms with Gasteiger partial charge in [0.2, 0.25) is 10.0 Å². The third-order valence-corrected chi connectivity index (χ3v) is 5.57. The predicted molar refractivity (Wildman–Crippen MR) is 87.2 cm³/mol. The molecule has 5 nitrogen and oxygen atoms in total. The summed E-state index contributed by atoms with van der Waals surface area (Å²) in [4.78, 5) is 1.88. The van der Waals surface area contributed by atoms with Gasteiger partial charge in [0.15, 0.2) is 11.6 Å². The molecule has 1 aromatic rings. The van der Waals surface area contributed by atoms with E-state index < -0.39 is 27.2 Å². The average Bonchev–Trinajstić information content (AvgIpc) is 2.47. The summed E-state index contributed by atoms with van der Waals surface area (Å²) in [5.41, 5.74) is -0.446. The maximum absolute atomic E-state index is 13.3. The SMILES string of the molecule is C[C@@H]1CN(C(C)(C)CNS(=O)(=O)c2ccc(F)c(F)c2)C[C@H](C)O1. The highest BCUT2D eigenvalue weighted by molar-refractivity contribution is 7.89. The Morgan fingerprint density at radius 1 is 1.21 bits per heavy atom. The number of sulfonamides is 1. The Morgan fingerprint density at radius 3 is 2.33 bits per heavy atom. The van der Waals surface area contributed by atoms with Crippen LogP contribution in [0.1, 0.15) is 27.7 Å². The van der Waals surface area contributed by atoms with Crippen molar-refractivity contribution in [3.05, 3.63) is 29.8 Å². The summed E-state index contributed by atoms with van der Waals surface area (Å²) in [5.74, 6) is -2.27. The van der Waals surface area contributed by atoms with Crippen molar-refractivity contribution in [2.75, 3.05) is 19.6 Å². The summed E-state index contributed by atoms with van der Waals surface area (Å²) >= 11 is 0. The lowest BCUT2D eigenvalue weighted by Gasteiger charge is -2.45. The van der Waals surface area contributed by atoms with E-state index in [1.54, 1.807) is 0 Å². The molecule has 136 valence electrons. The van der Waals surface area contributed by atoms with Gasteiger partial charge in [-0.1, -0.05) is 0 Å². The second-order valence-corrected chi connectivity index (χ2v) is 8.64. The van der Waals surface area contributed by atoms with Gasteiger partial charge in [-0.3, -0.25) is 4.90 Å². The number of nitrogens with zero attached hydrogens (tertiary/aromatic N) is 1. The minimum Gasteiger partial charge on any atom is -0.373 e. The van der Waals surface area contributed by atoms with Gasteiger partial charge in [0.05, 0.1) is 17.1 Å². The number of hydrogen-bond donors (Lipinski definition) is 1. The average molecular weight is 362 g/mol. The normalized spacial score (nSPS) is 23.4. The van der Waals surface area contributed by atoms with E-state index >= 15 is 0 Å². The van der Waals surface area contributed by atoms with Crippen molar-refractivity contribution in [2.45, 2.75) is 50.3 Å². The van der Waals surface area contributed by atoms with Crippen LogP contribution < -0.4 is 4.72 Å². The van der Waals surface area contributed by atoms with E-state index in [2.05, 4.69) is 9.62 Å². The number of nitrogens with one attached hydrogen (secondary N) is 1. The number of ether oxygens (including phenoxy) is 1. The molecule has 2 atom stereocenters. The molecule has 1 heterocycles. The van der Waals surface area contributed by atoms with Gasteiger partial charge in [-0.25, -0.2) is 21.9 Å². The fraction of sp³-hybridized carbons (Fsp3) is 0.625. The standard InChI is InChI=1S/C16H24F2N2O3S/c1-11-8-20(9-12(2)23-11)16(3,4)10-19-24(21,22)13-5-6-14(17)15(18)7-13/h5-7,11-12,19H,8-10H2,1-4H3/t11-,12+. The fourth-order valence-electron chi connectivity index (χ4n) is 2.78. The second-order valence-electron chi connectivity index (χ2n) is 6.88. The first-order chi connectivity index (χ1) is 11.0. The Balaban J connectivity index is 2.08. The molecule has 0 saturated carbocycles. The summed E-state index contributed by atoms with van der Waals surface area (Å²) in [6, 6.07) is 2.54. The predicted octanol–water partition coefficient (Wildman–Crippen LogP) is 2.13. The van der Waals surface area contributed by atoms with Crippen LogP contribution in [-0.4, -0.2) is 50.7 Å². The van der Waals surface area contributed by atoms with Gasteiger partial charge in [-0.15, -0.1) is 0 Å². The Labute approximate surface area is 142 Å². The van der Waals surface area contributed by atoms with Crippen molar-refractivity contribution in [3.63, 3.8) is 0 Å². The molecule has 0 radical (unpaired) electrons. The van der Waals surface area contributed by atoms with E-state index in [9.17, 15) is 17.2 Å². The molecular weight excluding hydrogens is 338 g/mol. The van der Waals surface area contributed by atoms with Crippen molar-refractivity contribution in [2.24, 2.45) is 0 Å². The van der Waals surface area contributed by atoms with Gasteiger partial charge in [0.25, 0.3) is 0 Å². The first-order valence-corrected chi connectivity index (χ1v) is 9.35. The van der Waals surface area contributed by atoms with Crippen LogP contribution in [0.5, 0.6) is 0 Å². The van der Waals surface area contributed by atoms with E-state index in [1.807, 2.05) is 27.7 Å². The summed E-state index contributed by atoms with van der Waals surface area (Å²) in [6.45, 7) is 9.37. The molecule has 0 aliphatic carbocycles. The van der Waals surface area contributed by atoms with Crippen molar-refractivity contribution >= 4 is 10.0 Å². The first-order valence-electron chi connectivity index (χ1n) is 7.86. The van der Waals surface area contributed by atoms with Crippen molar-refractivity contribution in [3.8, 4) is 0 Å². The van der Waals surface area contributed by atoms with E-state index in [-0.39, 0.29) is 23.6 Å². The molecule has 1 aromatic carbocycles. The van der Waals surface area contributed by atoms with Crippen LogP contribution in [0.3, 0.4) is 0 Å². The van der Waals surface area contributed by atoms with E-state index in [4.69, 9.17) is 4.74 Å². The first kappa shape index (κ1) is 19.2. The molecule has 1 saturated heterocycles. The summed E-state index contributed by atoms with van der Waals surface area (Å²) in [6.07, 6.45) is 0.131. The highest BCUT2D eigenvalue weighted by Gasteiger charge is 2.34. The largest absolute Gasteiger partial charge is 0.373 e. The number of hydrogen-bond acceptors (Lipinski definition) is 4. The quantitative estimate of drug-likeness (QED) is 0.872. The molecule has 1 aliphatic rings. The van der Waals surface area contributed by atoms with Crippen LogP contribution in [0.2, 0.25) is 0 Å². The van der Waals surface area contributed by atoms with Crippen molar-refractivity contribution in [1.29, 1.82) is 0 Å². The van der Waals surface area contributed by atoms with E-state index in [0.29, 0.717) is 19.2 Å². The lowest BCUT2D eigenvalue weighted by molar-refractivity contribution is -0.0945. The van der Waals surface area contributed by atoms with E-state index in [1.165, 1.54) is 0 Å². The van der Waals surface area contributed by atoms with Crippen LogP contribution in [0.15, 0.2) is 23.1 Å². The Morgan fingerprint density at radius 2 is 1.79 bits per heavy atom. The van der Waals surface area contributed by atoms with E-state index in [0.717, 1.165) is 12.1 Å². The van der Waals surface area contributed by atoms with Crippen LogP contribution in [0, 0.1) is 11.6 Å². The molecule has 1 N–H and O–H groups in total. The van der Waals surface area contributed by atoms with Crippen LogP contribution >= 0.6 is 0 Å². The summed E-state index contributed by atoms with van der Waals surface area (Å²) < 4.78 is 59.0. The zero-order valence-electron chi connectivity index (χ0n) is 14.3. The molecule has 0 aromatic heterocycles. The minimum absolute atomic E-state index is 0.0656. The highest BCUT2D eigenvalue weighted by atomic mass is 32.2. The second kappa shape index (κ2) is 7.03. The molecule has 24 heavy (non-hydrogen) atoms. The van der Waals surface area contributed by atoms with Crippen LogP contribution in [-0.2, 0) is 14.8 Å². The highest BCUT2D eigenvalue weighted by Crippen LogP contribution is 2.21. The molecule has 1 aliphatic heterocycles. The Hall–Kier alpha value is -1.09. The molecule has 0 bridgehead atoms. The summed E-state index contributed by atoms with van der Waals surface area (Å²) in [5, 5.41) is 0. The Kier molecular flexibility index (Phi) is 5.64. The lowest BCUT2D eigenvalue weighted by atomic mass is 10.0. The third kappa shape index (κ3) is 4.50. The molecular formula is C16H24F2N2O3S. The maximum atomic E-state index is 13.3. The molecule has 0 amide bonds. The van der Waals surface area contributed by atoms with Crippen LogP contribution in [0.25, 0.3) is 0 Å². The van der Waals surface area contributed by atoms with Crippen LogP contribution in [0.4, 0.5) is 8.78 Å².